The van der Waals surface area contributed by atoms with Crippen molar-refractivity contribution in [2.75, 3.05) is 33.3 Å². The Labute approximate surface area is 139 Å². The van der Waals surface area contributed by atoms with Gasteiger partial charge in [-0.25, -0.2) is 4.79 Å². The van der Waals surface area contributed by atoms with E-state index in [9.17, 15) is 14.7 Å². The summed E-state index contributed by atoms with van der Waals surface area (Å²) in [4.78, 5) is 23.6. The number of thioether (sulfide) groups is 1. The normalized spacial score (nSPS) is 11.5. The van der Waals surface area contributed by atoms with Crippen LogP contribution in [0.25, 0.3) is 0 Å². The number of methoxy groups -OCH3 is 3. The van der Waals surface area contributed by atoms with Crippen LogP contribution >= 0.6 is 11.8 Å². The number of carboxylic acids is 1. The van der Waals surface area contributed by atoms with Gasteiger partial charge in [0.05, 0.1) is 21.3 Å². The number of aliphatic carboxylic acids is 1. The van der Waals surface area contributed by atoms with Gasteiger partial charge < -0.3 is 24.6 Å². The number of rotatable bonds is 9. The second-order valence-electron chi connectivity index (χ2n) is 4.56. The van der Waals surface area contributed by atoms with Crippen molar-refractivity contribution in [3.8, 4) is 17.2 Å². The van der Waals surface area contributed by atoms with E-state index in [0.29, 0.717) is 29.4 Å². The number of carbonyl (C=O) groups is 2. The highest BCUT2D eigenvalue weighted by molar-refractivity contribution is 7.98. The van der Waals surface area contributed by atoms with E-state index in [2.05, 4.69) is 5.32 Å². The molecule has 1 unspecified atom stereocenters. The molecule has 1 atom stereocenters. The molecule has 0 fully saturated rings. The Morgan fingerprint density at radius 2 is 1.74 bits per heavy atom. The van der Waals surface area contributed by atoms with Crippen molar-refractivity contribution in [2.45, 2.75) is 12.5 Å². The SMILES string of the molecule is COc1cc(C(=O)NC(CCSC)C(=O)O)cc(OC)c1OC. The first-order chi connectivity index (χ1) is 11.0. The summed E-state index contributed by atoms with van der Waals surface area (Å²) >= 11 is 1.52. The fraction of sp³-hybridized carbons (Fsp3) is 0.467. The number of nitrogens with one attached hydrogen (secondary N) is 1. The van der Waals surface area contributed by atoms with Gasteiger partial charge in [-0.2, -0.15) is 11.8 Å². The largest absolute Gasteiger partial charge is 0.493 e. The van der Waals surface area contributed by atoms with Crippen LogP contribution in [0.5, 0.6) is 17.2 Å². The lowest BCUT2D eigenvalue weighted by molar-refractivity contribution is -0.139. The minimum absolute atomic E-state index is 0.231. The Balaban J connectivity index is 3.04. The van der Waals surface area contributed by atoms with Gasteiger partial charge in [-0.05, 0) is 30.6 Å². The third-order valence-corrected chi connectivity index (χ3v) is 3.78. The van der Waals surface area contributed by atoms with Gasteiger partial charge in [0.1, 0.15) is 6.04 Å². The zero-order valence-electron chi connectivity index (χ0n) is 13.5. The second kappa shape index (κ2) is 9.14. The van der Waals surface area contributed by atoms with Crippen molar-refractivity contribution in [1.29, 1.82) is 0 Å². The van der Waals surface area contributed by atoms with E-state index in [-0.39, 0.29) is 5.56 Å². The van der Waals surface area contributed by atoms with Crippen molar-refractivity contribution in [3.05, 3.63) is 17.7 Å². The van der Waals surface area contributed by atoms with Crippen LogP contribution in [0.2, 0.25) is 0 Å². The first kappa shape index (κ1) is 19.0. The van der Waals surface area contributed by atoms with E-state index in [0.717, 1.165) is 0 Å². The van der Waals surface area contributed by atoms with Crippen molar-refractivity contribution in [3.63, 3.8) is 0 Å². The number of benzene rings is 1. The molecule has 128 valence electrons. The van der Waals surface area contributed by atoms with E-state index in [4.69, 9.17) is 14.2 Å². The minimum Gasteiger partial charge on any atom is -0.493 e. The van der Waals surface area contributed by atoms with Gasteiger partial charge in [-0.15, -0.1) is 0 Å². The summed E-state index contributed by atoms with van der Waals surface area (Å²) < 4.78 is 15.6. The molecule has 0 saturated heterocycles. The molecule has 1 aromatic rings. The van der Waals surface area contributed by atoms with Gasteiger partial charge >= 0.3 is 5.97 Å². The quantitative estimate of drug-likeness (QED) is 0.704. The van der Waals surface area contributed by atoms with Crippen molar-refractivity contribution in [1.82, 2.24) is 5.32 Å². The summed E-state index contributed by atoms with van der Waals surface area (Å²) in [6.07, 6.45) is 2.21. The molecular weight excluding hydrogens is 322 g/mol. The van der Waals surface area contributed by atoms with Crippen LogP contribution in [-0.2, 0) is 4.79 Å². The maximum atomic E-state index is 12.3. The van der Waals surface area contributed by atoms with Gasteiger partial charge in [0.25, 0.3) is 5.91 Å². The summed E-state index contributed by atoms with van der Waals surface area (Å²) in [6, 6.07) is 2.00. The average Bonchev–Trinajstić information content (AvgIpc) is 2.56. The molecule has 8 heteroatoms. The molecule has 0 aliphatic rings. The van der Waals surface area contributed by atoms with Crippen molar-refractivity contribution in [2.24, 2.45) is 0 Å². The van der Waals surface area contributed by atoms with E-state index >= 15 is 0 Å². The molecule has 0 aliphatic carbocycles. The van der Waals surface area contributed by atoms with Gasteiger partial charge in [-0.1, -0.05) is 0 Å². The predicted molar refractivity (Wildman–Crippen MR) is 88.0 cm³/mol. The first-order valence-electron chi connectivity index (χ1n) is 6.81. The highest BCUT2D eigenvalue weighted by atomic mass is 32.2. The molecule has 0 bridgehead atoms. The average molecular weight is 343 g/mol. The van der Waals surface area contributed by atoms with Gasteiger partial charge in [0, 0.05) is 5.56 Å². The fourth-order valence-corrected chi connectivity index (χ4v) is 2.42. The van der Waals surface area contributed by atoms with Crippen molar-refractivity contribution < 1.29 is 28.9 Å². The van der Waals surface area contributed by atoms with Crippen LogP contribution in [0, 0.1) is 0 Å². The van der Waals surface area contributed by atoms with Crippen molar-refractivity contribution >= 4 is 23.6 Å². The zero-order chi connectivity index (χ0) is 17.4. The highest BCUT2D eigenvalue weighted by Crippen LogP contribution is 2.38. The minimum atomic E-state index is -1.07. The lowest BCUT2D eigenvalue weighted by atomic mass is 10.1. The molecule has 0 aliphatic heterocycles. The van der Waals surface area contributed by atoms with Crippen LogP contribution < -0.4 is 19.5 Å². The van der Waals surface area contributed by atoms with Gasteiger partial charge in [-0.3, -0.25) is 4.79 Å². The van der Waals surface area contributed by atoms with E-state index < -0.39 is 17.9 Å². The molecule has 0 spiro atoms. The Kier molecular flexibility index (Phi) is 7.53. The Bertz CT molecular complexity index is 538. The smallest absolute Gasteiger partial charge is 0.326 e. The zero-order valence-corrected chi connectivity index (χ0v) is 14.4. The number of amides is 1. The van der Waals surface area contributed by atoms with Crippen LogP contribution in [0.15, 0.2) is 12.1 Å². The number of hydrogen-bond donors (Lipinski definition) is 2. The number of carboxylic acid groups (broad SMARTS) is 1. The topological polar surface area (TPSA) is 94.1 Å². The lowest BCUT2D eigenvalue weighted by Gasteiger charge is -2.16. The molecule has 2 N–H and O–H groups in total. The third kappa shape index (κ3) is 4.95. The maximum Gasteiger partial charge on any atom is 0.326 e. The third-order valence-electron chi connectivity index (χ3n) is 3.14. The summed E-state index contributed by atoms with van der Waals surface area (Å²) in [5.74, 6) is 0.0641. The molecule has 1 aromatic carbocycles. The predicted octanol–water partition coefficient (Wildman–Crippen LogP) is 1.65. The lowest BCUT2D eigenvalue weighted by Crippen LogP contribution is -2.41. The maximum absolute atomic E-state index is 12.3. The summed E-state index contributed by atoms with van der Waals surface area (Å²) in [6.45, 7) is 0. The van der Waals surface area contributed by atoms with E-state index in [1.54, 1.807) is 0 Å². The van der Waals surface area contributed by atoms with Crippen LogP contribution in [0.3, 0.4) is 0 Å². The molecule has 7 nitrogen and oxygen atoms in total. The fourth-order valence-electron chi connectivity index (χ4n) is 1.95. The molecular formula is C15H21NO6S. The van der Waals surface area contributed by atoms with E-state index in [1.165, 1.54) is 45.2 Å². The van der Waals surface area contributed by atoms with Gasteiger partial charge in [0.2, 0.25) is 5.75 Å². The summed E-state index contributed by atoms with van der Waals surface area (Å²) in [5, 5.41) is 11.7. The Hall–Kier alpha value is -2.09. The molecule has 23 heavy (non-hydrogen) atoms. The number of ether oxygens (including phenoxy) is 3. The monoisotopic (exact) mass is 343 g/mol. The molecule has 1 amide bonds. The van der Waals surface area contributed by atoms with E-state index in [1.807, 2.05) is 6.26 Å². The molecule has 0 heterocycles. The second-order valence-corrected chi connectivity index (χ2v) is 5.55. The summed E-state index contributed by atoms with van der Waals surface area (Å²) in [5.41, 5.74) is 0.231. The number of hydrogen-bond acceptors (Lipinski definition) is 6. The number of carbonyl (C=O) groups excluding carboxylic acids is 1. The Morgan fingerprint density at radius 3 is 2.13 bits per heavy atom. The molecule has 1 rings (SSSR count). The van der Waals surface area contributed by atoms with Crippen LogP contribution in [0.1, 0.15) is 16.8 Å². The standard InChI is InChI=1S/C15H21NO6S/c1-20-11-7-9(8-12(21-2)13(11)22-3)14(17)16-10(15(18)19)5-6-23-4/h7-8,10H,5-6H2,1-4H3,(H,16,17)(H,18,19). The van der Waals surface area contributed by atoms with Gasteiger partial charge in [0.15, 0.2) is 11.5 Å². The first-order valence-corrected chi connectivity index (χ1v) is 8.20. The Morgan fingerprint density at radius 1 is 1.17 bits per heavy atom. The highest BCUT2D eigenvalue weighted by Gasteiger charge is 2.22. The van der Waals surface area contributed by atoms with Crippen LogP contribution in [-0.4, -0.2) is 56.4 Å². The summed E-state index contributed by atoms with van der Waals surface area (Å²) in [7, 11) is 4.35. The van der Waals surface area contributed by atoms with Crippen LogP contribution in [0.4, 0.5) is 0 Å². The molecule has 0 aromatic heterocycles. The molecule has 0 radical (unpaired) electrons. The molecule has 0 saturated carbocycles.